The molecule has 0 aliphatic heterocycles. The van der Waals surface area contributed by atoms with Crippen molar-refractivity contribution >= 4 is 12.4 Å². The van der Waals surface area contributed by atoms with Gasteiger partial charge in [-0.15, -0.1) is 12.4 Å². The Balaban J connectivity index is 0.00000225. The van der Waals surface area contributed by atoms with E-state index >= 15 is 0 Å². The monoisotopic (exact) mass is 357 g/mol. The molecule has 1 atom stereocenters. The summed E-state index contributed by atoms with van der Waals surface area (Å²) >= 11 is 0. The van der Waals surface area contributed by atoms with Crippen LogP contribution in [0.1, 0.15) is 23.9 Å². The highest BCUT2D eigenvalue weighted by Gasteiger charge is 2.14. The summed E-state index contributed by atoms with van der Waals surface area (Å²) < 4.78 is 5.50. The summed E-state index contributed by atoms with van der Waals surface area (Å²) in [5.74, 6) is 1.35. The summed E-state index contributed by atoms with van der Waals surface area (Å²) in [5, 5.41) is 7.30. The van der Waals surface area contributed by atoms with Crippen molar-refractivity contribution in [2.45, 2.75) is 32.2 Å². The second-order valence-electron chi connectivity index (χ2n) is 6.05. The van der Waals surface area contributed by atoms with Crippen molar-refractivity contribution in [3.8, 4) is 11.5 Å². The van der Waals surface area contributed by atoms with Crippen LogP contribution in [0, 0.1) is 0 Å². The molecule has 132 valence electrons. The molecule has 1 N–H and O–H groups in total. The zero-order chi connectivity index (χ0) is 16.8. The van der Waals surface area contributed by atoms with Crippen LogP contribution in [0.3, 0.4) is 0 Å². The molecule has 1 aromatic heterocycles. The Hall–Kier alpha value is -2.17. The fraction of sp³-hybridized carbons (Fsp3) is 0.300. The minimum Gasteiger partial charge on any atom is -0.334 e. The first-order valence-corrected chi connectivity index (χ1v) is 8.38. The van der Waals surface area contributed by atoms with Gasteiger partial charge < -0.3 is 9.84 Å². The molecule has 2 aromatic carbocycles. The second kappa shape index (κ2) is 9.35. The van der Waals surface area contributed by atoms with Gasteiger partial charge in [0.25, 0.3) is 5.89 Å². The number of aryl methyl sites for hydroxylation is 2. The van der Waals surface area contributed by atoms with Crippen LogP contribution in [0.4, 0.5) is 0 Å². The molecule has 0 saturated carbocycles. The van der Waals surface area contributed by atoms with Gasteiger partial charge in [-0.05, 0) is 44.0 Å². The van der Waals surface area contributed by atoms with Crippen molar-refractivity contribution in [2.24, 2.45) is 0 Å². The number of likely N-dealkylation sites (N-methyl/N-ethyl adjacent to an activating group) is 1. The Bertz CT molecular complexity index is 773. The number of benzene rings is 2. The lowest BCUT2D eigenvalue weighted by Gasteiger charge is -2.06. The van der Waals surface area contributed by atoms with Crippen LogP contribution < -0.4 is 5.32 Å². The lowest BCUT2D eigenvalue weighted by molar-refractivity contribution is 0.418. The smallest absolute Gasteiger partial charge is 0.258 e. The number of halogens is 1. The normalized spacial score (nSPS) is 11.8. The Morgan fingerprint density at radius 1 is 1.00 bits per heavy atom. The molecule has 0 aliphatic rings. The van der Waals surface area contributed by atoms with E-state index in [2.05, 4.69) is 64.8 Å². The second-order valence-corrected chi connectivity index (χ2v) is 6.05. The molecule has 0 fully saturated rings. The molecular formula is C20H24ClN3O. The fourth-order valence-corrected chi connectivity index (χ4v) is 2.69. The largest absolute Gasteiger partial charge is 0.334 e. The van der Waals surface area contributed by atoms with Crippen LogP contribution in [-0.2, 0) is 19.3 Å². The number of hydrogen-bond acceptors (Lipinski definition) is 4. The van der Waals surface area contributed by atoms with Gasteiger partial charge in [-0.25, -0.2) is 0 Å². The van der Waals surface area contributed by atoms with Gasteiger partial charge in [-0.3, -0.25) is 0 Å². The summed E-state index contributed by atoms with van der Waals surface area (Å²) in [4.78, 5) is 4.57. The quantitative estimate of drug-likeness (QED) is 0.691. The van der Waals surface area contributed by atoms with E-state index in [1.807, 2.05) is 19.2 Å². The maximum Gasteiger partial charge on any atom is 0.258 e. The average Bonchev–Trinajstić information content (AvgIpc) is 3.09. The van der Waals surface area contributed by atoms with E-state index in [1.54, 1.807) is 0 Å². The molecule has 3 rings (SSSR count). The predicted molar refractivity (Wildman–Crippen MR) is 103 cm³/mol. The topological polar surface area (TPSA) is 51.0 Å². The Labute approximate surface area is 155 Å². The molecule has 4 nitrogen and oxygen atoms in total. The van der Waals surface area contributed by atoms with Gasteiger partial charge in [0.05, 0.1) is 0 Å². The summed E-state index contributed by atoms with van der Waals surface area (Å²) in [6, 6.07) is 19.1. The molecule has 0 amide bonds. The highest BCUT2D eigenvalue weighted by atomic mass is 35.5. The molecular weight excluding hydrogens is 334 g/mol. The molecule has 5 heteroatoms. The van der Waals surface area contributed by atoms with E-state index in [9.17, 15) is 0 Å². The standard InChI is InChI=1S/C20H23N3O.ClH/c1-15(21-2)14-19-22-20(24-23-19)18-11-7-6-10-17(18)13-12-16-8-4-3-5-9-16;/h3-11,15,21H,12-14H2,1-2H3;1H. The third kappa shape index (κ3) is 5.15. The minimum atomic E-state index is 0. The van der Waals surface area contributed by atoms with Gasteiger partial charge in [0, 0.05) is 18.0 Å². The van der Waals surface area contributed by atoms with Crippen molar-refractivity contribution in [3.63, 3.8) is 0 Å². The highest BCUT2D eigenvalue weighted by molar-refractivity contribution is 5.85. The van der Waals surface area contributed by atoms with E-state index in [0.717, 1.165) is 30.7 Å². The third-order valence-corrected chi connectivity index (χ3v) is 4.22. The molecule has 1 unspecified atom stereocenters. The zero-order valence-electron chi connectivity index (χ0n) is 14.6. The van der Waals surface area contributed by atoms with E-state index in [1.165, 1.54) is 11.1 Å². The molecule has 0 saturated heterocycles. The van der Waals surface area contributed by atoms with E-state index < -0.39 is 0 Å². The maximum absolute atomic E-state index is 5.50. The first-order chi connectivity index (χ1) is 11.8. The van der Waals surface area contributed by atoms with Crippen molar-refractivity contribution in [2.75, 3.05) is 7.05 Å². The fourth-order valence-electron chi connectivity index (χ4n) is 2.69. The van der Waals surface area contributed by atoms with Crippen molar-refractivity contribution < 1.29 is 4.52 Å². The van der Waals surface area contributed by atoms with E-state index in [-0.39, 0.29) is 12.4 Å². The molecule has 1 heterocycles. The number of nitrogens with one attached hydrogen (secondary N) is 1. The summed E-state index contributed by atoms with van der Waals surface area (Å²) in [6.45, 7) is 2.10. The lowest BCUT2D eigenvalue weighted by Crippen LogP contribution is -2.24. The average molecular weight is 358 g/mol. The van der Waals surface area contributed by atoms with Crippen LogP contribution in [0.2, 0.25) is 0 Å². The SMILES string of the molecule is CNC(C)Cc1noc(-c2ccccc2CCc2ccccc2)n1.Cl. The van der Waals surface area contributed by atoms with Gasteiger partial charge in [-0.1, -0.05) is 53.7 Å². The van der Waals surface area contributed by atoms with E-state index in [4.69, 9.17) is 4.52 Å². The van der Waals surface area contributed by atoms with E-state index in [0.29, 0.717) is 11.9 Å². The van der Waals surface area contributed by atoms with Gasteiger partial charge in [0.1, 0.15) is 0 Å². The van der Waals surface area contributed by atoms with Crippen LogP contribution >= 0.6 is 12.4 Å². The molecule has 0 spiro atoms. The zero-order valence-corrected chi connectivity index (χ0v) is 15.4. The van der Waals surface area contributed by atoms with Crippen LogP contribution in [-0.4, -0.2) is 23.2 Å². The Morgan fingerprint density at radius 2 is 1.72 bits per heavy atom. The number of nitrogens with zero attached hydrogens (tertiary/aromatic N) is 2. The van der Waals surface area contributed by atoms with Crippen molar-refractivity contribution in [1.29, 1.82) is 0 Å². The van der Waals surface area contributed by atoms with Gasteiger partial charge in [0.2, 0.25) is 0 Å². The molecule has 0 bridgehead atoms. The maximum atomic E-state index is 5.50. The molecule has 0 radical (unpaired) electrons. The molecule has 3 aromatic rings. The third-order valence-electron chi connectivity index (χ3n) is 4.22. The Morgan fingerprint density at radius 3 is 2.48 bits per heavy atom. The summed E-state index contributed by atoms with van der Waals surface area (Å²) in [7, 11) is 1.94. The minimum absolute atomic E-state index is 0. The predicted octanol–water partition coefficient (Wildman–Crippen LogP) is 4.09. The van der Waals surface area contributed by atoms with Gasteiger partial charge in [0.15, 0.2) is 5.82 Å². The van der Waals surface area contributed by atoms with Gasteiger partial charge in [-0.2, -0.15) is 4.98 Å². The Kier molecular flexibility index (Phi) is 7.16. The first-order valence-electron chi connectivity index (χ1n) is 8.38. The van der Waals surface area contributed by atoms with Crippen molar-refractivity contribution in [1.82, 2.24) is 15.5 Å². The van der Waals surface area contributed by atoms with Crippen LogP contribution in [0.25, 0.3) is 11.5 Å². The molecule has 0 aliphatic carbocycles. The lowest BCUT2D eigenvalue weighted by atomic mass is 10.00. The number of hydrogen-bond donors (Lipinski definition) is 1. The van der Waals surface area contributed by atoms with Crippen LogP contribution in [0.5, 0.6) is 0 Å². The first kappa shape index (κ1) is 19.2. The molecule has 25 heavy (non-hydrogen) atoms. The van der Waals surface area contributed by atoms with Crippen molar-refractivity contribution in [3.05, 3.63) is 71.5 Å². The highest BCUT2D eigenvalue weighted by Crippen LogP contribution is 2.23. The van der Waals surface area contributed by atoms with Crippen LogP contribution in [0.15, 0.2) is 59.1 Å². The summed E-state index contributed by atoms with van der Waals surface area (Å²) in [6.07, 6.45) is 2.70. The number of rotatable bonds is 7. The van der Waals surface area contributed by atoms with Gasteiger partial charge >= 0.3 is 0 Å². The summed E-state index contributed by atoms with van der Waals surface area (Å²) in [5.41, 5.74) is 3.60. The number of aromatic nitrogens is 2.